The van der Waals surface area contributed by atoms with E-state index < -0.39 is 0 Å². The van der Waals surface area contributed by atoms with Crippen LogP contribution in [0.5, 0.6) is 11.5 Å². The summed E-state index contributed by atoms with van der Waals surface area (Å²) in [6.07, 6.45) is 10.3. The van der Waals surface area contributed by atoms with Gasteiger partial charge in [-0.1, -0.05) is 34.1 Å². The summed E-state index contributed by atoms with van der Waals surface area (Å²) in [6.45, 7) is 2.02. The largest absolute Gasteiger partial charge is 0.493 e. The summed E-state index contributed by atoms with van der Waals surface area (Å²) >= 11 is 0. The van der Waals surface area contributed by atoms with Crippen LogP contribution in [0.3, 0.4) is 0 Å². The second-order valence-corrected chi connectivity index (χ2v) is 10.6. The maximum absolute atomic E-state index is 12.3. The van der Waals surface area contributed by atoms with E-state index in [0.717, 1.165) is 48.0 Å². The van der Waals surface area contributed by atoms with Gasteiger partial charge in [0.1, 0.15) is 0 Å². The van der Waals surface area contributed by atoms with Crippen molar-refractivity contribution in [2.24, 2.45) is 0 Å². The van der Waals surface area contributed by atoms with Gasteiger partial charge in [-0.05, 0) is 69.6 Å². The number of nitrogens with one attached hydrogen (secondary N) is 1. The minimum atomic E-state index is -0.0382. The first kappa shape index (κ1) is 21.7. The quantitative estimate of drug-likeness (QED) is 0.374. The van der Waals surface area contributed by atoms with Crippen molar-refractivity contribution in [3.8, 4) is 11.5 Å². The van der Waals surface area contributed by atoms with Crippen LogP contribution in [-0.2, 0) is 4.79 Å². The molecule has 3 rings (SSSR count). The van der Waals surface area contributed by atoms with Gasteiger partial charge in [-0.2, -0.15) is 0 Å². The standard InChI is InChI=1S/C22H33NO3S2/c1-16(23-22(24)10-6-5-9-19-13-14-27-28-19)17-11-12-20(21(15-17)25-2)26-18-7-3-4-8-18/h11-12,15-16,18-19H,3-10,13-14H2,1-2H3,(H,23,24). The number of hydrogen-bond donors (Lipinski definition) is 1. The second-order valence-electron chi connectivity index (χ2n) is 7.80. The molecule has 1 amide bonds. The molecule has 0 aromatic heterocycles. The van der Waals surface area contributed by atoms with E-state index in [1.165, 1.54) is 31.4 Å². The van der Waals surface area contributed by atoms with Gasteiger partial charge in [0.25, 0.3) is 0 Å². The fraction of sp³-hybridized carbons (Fsp3) is 0.682. The lowest BCUT2D eigenvalue weighted by Gasteiger charge is -2.19. The Bertz CT molecular complexity index is 628. The molecule has 2 unspecified atom stereocenters. The van der Waals surface area contributed by atoms with Crippen molar-refractivity contribution in [1.82, 2.24) is 5.32 Å². The van der Waals surface area contributed by atoms with E-state index in [-0.39, 0.29) is 11.9 Å². The Kier molecular flexibility index (Phi) is 8.71. The molecule has 0 radical (unpaired) electrons. The first-order chi connectivity index (χ1) is 13.7. The number of unbranched alkanes of at least 4 members (excludes halogenated alkanes) is 1. The molecular formula is C22H33NO3S2. The maximum atomic E-state index is 12.3. The van der Waals surface area contributed by atoms with E-state index in [0.29, 0.717) is 12.5 Å². The minimum Gasteiger partial charge on any atom is -0.493 e. The third kappa shape index (κ3) is 6.51. The van der Waals surface area contributed by atoms with Crippen LogP contribution in [0.4, 0.5) is 0 Å². The highest BCUT2D eigenvalue weighted by Gasteiger charge is 2.20. The molecule has 1 aliphatic heterocycles. The van der Waals surface area contributed by atoms with Crippen LogP contribution in [0.2, 0.25) is 0 Å². The van der Waals surface area contributed by atoms with Crippen LogP contribution in [0.15, 0.2) is 18.2 Å². The lowest BCUT2D eigenvalue weighted by Crippen LogP contribution is -2.26. The number of ether oxygens (including phenoxy) is 2. The minimum absolute atomic E-state index is 0.0382. The first-order valence-electron chi connectivity index (χ1n) is 10.6. The van der Waals surface area contributed by atoms with Crippen molar-refractivity contribution < 1.29 is 14.3 Å². The van der Waals surface area contributed by atoms with E-state index in [9.17, 15) is 4.79 Å². The van der Waals surface area contributed by atoms with Crippen molar-refractivity contribution in [1.29, 1.82) is 0 Å². The topological polar surface area (TPSA) is 47.6 Å². The molecular weight excluding hydrogens is 390 g/mol. The summed E-state index contributed by atoms with van der Waals surface area (Å²) < 4.78 is 11.6. The van der Waals surface area contributed by atoms with E-state index in [2.05, 4.69) is 5.32 Å². The molecule has 156 valence electrons. The van der Waals surface area contributed by atoms with Crippen LogP contribution >= 0.6 is 21.6 Å². The van der Waals surface area contributed by atoms with Gasteiger partial charge < -0.3 is 14.8 Å². The molecule has 0 spiro atoms. The van der Waals surface area contributed by atoms with Crippen molar-refractivity contribution in [2.75, 3.05) is 12.9 Å². The predicted octanol–water partition coefficient (Wildman–Crippen LogP) is 5.91. The Morgan fingerprint density at radius 2 is 2.04 bits per heavy atom. The predicted molar refractivity (Wildman–Crippen MR) is 119 cm³/mol. The molecule has 2 aliphatic rings. The maximum Gasteiger partial charge on any atom is 0.220 e. The highest BCUT2D eigenvalue weighted by atomic mass is 33.1. The van der Waals surface area contributed by atoms with Crippen molar-refractivity contribution in [2.45, 2.75) is 82.1 Å². The molecule has 2 atom stereocenters. The SMILES string of the molecule is COc1cc(C(C)NC(=O)CCCCC2CCSS2)ccc1OC1CCCC1. The smallest absolute Gasteiger partial charge is 0.220 e. The molecule has 0 bridgehead atoms. The number of amides is 1. The molecule has 6 heteroatoms. The van der Waals surface area contributed by atoms with Crippen molar-refractivity contribution in [3.63, 3.8) is 0 Å². The lowest BCUT2D eigenvalue weighted by atomic mass is 10.1. The van der Waals surface area contributed by atoms with Crippen LogP contribution in [-0.4, -0.2) is 30.1 Å². The molecule has 1 N–H and O–H groups in total. The number of rotatable bonds is 10. The van der Waals surface area contributed by atoms with Gasteiger partial charge in [0.15, 0.2) is 11.5 Å². The molecule has 1 aromatic carbocycles. The number of carbonyl (C=O) groups is 1. The summed E-state index contributed by atoms with van der Waals surface area (Å²) in [4.78, 5) is 12.3. The third-order valence-corrected chi connectivity index (χ3v) is 8.57. The zero-order chi connectivity index (χ0) is 19.8. The third-order valence-electron chi connectivity index (χ3n) is 5.57. The summed E-state index contributed by atoms with van der Waals surface area (Å²) in [5, 5.41) is 3.92. The molecule has 1 aliphatic carbocycles. The van der Waals surface area contributed by atoms with Crippen molar-refractivity contribution in [3.05, 3.63) is 23.8 Å². The Labute approximate surface area is 177 Å². The fourth-order valence-corrected chi connectivity index (χ4v) is 6.88. The van der Waals surface area contributed by atoms with Crippen LogP contribution < -0.4 is 14.8 Å². The van der Waals surface area contributed by atoms with Gasteiger partial charge in [0.2, 0.25) is 5.91 Å². The monoisotopic (exact) mass is 423 g/mol. The summed E-state index contributed by atoms with van der Waals surface area (Å²) in [5.74, 6) is 2.96. The van der Waals surface area contributed by atoms with Gasteiger partial charge in [0.05, 0.1) is 19.3 Å². The molecule has 1 heterocycles. The molecule has 1 saturated carbocycles. The zero-order valence-electron chi connectivity index (χ0n) is 17.1. The molecule has 28 heavy (non-hydrogen) atoms. The van der Waals surface area contributed by atoms with Gasteiger partial charge in [-0.3, -0.25) is 4.79 Å². The first-order valence-corrected chi connectivity index (χ1v) is 13.0. The van der Waals surface area contributed by atoms with Crippen LogP contribution in [0, 0.1) is 0 Å². The summed E-state index contributed by atoms with van der Waals surface area (Å²) in [6, 6.07) is 5.97. The number of benzene rings is 1. The number of hydrogen-bond acceptors (Lipinski definition) is 5. The fourth-order valence-electron chi connectivity index (χ4n) is 3.86. The van der Waals surface area contributed by atoms with Crippen LogP contribution in [0.1, 0.15) is 76.3 Å². The van der Waals surface area contributed by atoms with E-state index >= 15 is 0 Å². The number of methoxy groups -OCH3 is 1. The van der Waals surface area contributed by atoms with Gasteiger partial charge in [-0.25, -0.2) is 0 Å². The Morgan fingerprint density at radius 3 is 2.75 bits per heavy atom. The lowest BCUT2D eigenvalue weighted by molar-refractivity contribution is -0.121. The number of carbonyl (C=O) groups excluding carboxylic acids is 1. The summed E-state index contributed by atoms with van der Waals surface area (Å²) in [7, 11) is 5.67. The van der Waals surface area contributed by atoms with E-state index in [4.69, 9.17) is 9.47 Å². The summed E-state index contributed by atoms with van der Waals surface area (Å²) in [5.41, 5.74) is 1.04. The van der Waals surface area contributed by atoms with E-state index in [1.807, 2.05) is 46.7 Å². The highest BCUT2D eigenvalue weighted by Crippen LogP contribution is 2.40. The highest BCUT2D eigenvalue weighted by molar-refractivity contribution is 8.77. The van der Waals surface area contributed by atoms with E-state index in [1.54, 1.807) is 7.11 Å². The van der Waals surface area contributed by atoms with Crippen molar-refractivity contribution >= 4 is 27.5 Å². The van der Waals surface area contributed by atoms with Gasteiger partial charge in [-0.15, -0.1) is 0 Å². The molecule has 1 saturated heterocycles. The zero-order valence-corrected chi connectivity index (χ0v) is 18.7. The average Bonchev–Trinajstić information content (AvgIpc) is 3.39. The Morgan fingerprint density at radius 1 is 1.21 bits per heavy atom. The van der Waals surface area contributed by atoms with Crippen LogP contribution in [0.25, 0.3) is 0 Å². The Hall–Kier alpha value is -1.01. The average molecular weight is 424 g/mol. The van der Waals surface area contributed by atoms with Gasteiger partial charge in [0, 0.05) is 17.4 Å². The molecule has 4 nitrogen and oxygen atoms in total. The normalized spacial score (nSPS) is 20.9. The van der Waals surface area contributed by atoms with Gasteiger partial charge >= 0.3 is 0 Å². The Balaban J connectivity index is 1.44. The molecule has 2 fully saturated rings. The molecule has 1 aromatic rings. The second kappa shape index (κ2) is 11.2.